The number of hydrogen-bond donors (Lipinski definition) is 1. The van der Waals surface area contributed by atoms with E-state index in [0.717, 1.165) is 37.8 Å². The molecule has 132 valence electrons. The van der Waals surface area contributed by atoms with Gasteiger partial charge in [-0.15, -0.1) is 0 Å². The van der Waals surface area contributed by atoms with Gasteiger partial charge in [-0.3, -0.25) is 4.79 Å². The second-order valence-corrected chi connectivity index (χ2v) is 6.15. The number of amides is 1. The second kappa shape index (κ2) is 7.55. The van der Waals surface area contributed by atoms with Gasteiger partial charge in [0.05, 0.1) is 0 Å². The average Bonchev–Trinajstić information content (AvgIpc) is 2.86. The minimum absolute atomic E-state index is 0.00201. The third-order valence-corrected chi connectivity index (χ3v) is 4.17. The molecule has 1 fully saturated rings. The first kappa shape index (κ1) is 17.3. The molecule has 0 unspecified atom stereocenters. The number of anilines is 2. The lowest BCUT2D eigenvalue weighted by Crippen LogP contribution is -2.32. The fourth-order valence-corrected chi connectivity index (χ4v) is 2.90. The minimum Gasteiger partial charge on any atom is -0.337 e. The SMILES string of the molecule is Cc1cc(C(=O)N2CCCCCC2)nc(Nc2c(F)cccc2F)n1. The van der Waals surface area contributed by atoms with Crippen molar-refractivity contribution in [2.45, 2.75) is 32.6 Å². The maximum atomic E-state index is 13.8. The lowest BCUT2D eigenvalue weighted by molar-refractivity contribution is 0.0755. The Bertz CT molecular complexity index is 753. The molecule has 1 N–H and O–H groups in total. The highest BCUT2D eigenvalue weighted by Gasteiger charge is 2.20. The number of hydrogen-bond acceptors (Lipinski definition) is 4. The maximum Gasteiger partial charge on any atom is 0.272 e. The molecular weight excluding hydrogens is 326 g/mol. The van der Waals surface area contributed by atoms with Crippen LogP contribution in [0.3, 0.4) is 0 Å². The number of benzene rings is 1. The maximum absolute atomic E-state index is 13.8. The summed E-state index contributed by atoms with van der Waals surface area (Å²) in [7, 11) is 0. The summed E-state index contributed by atoms with van der Waals surface area (Å²) in [4.78, 5) is 22.8. The molecular formula is C18H20F2N4O. The molecule has 0 radical (unpaired) electrons. The Morgan fingerprint density at radius 1 is 1.08 bits per heavy atom. The third-order valence-electron chi connectivity index (χ3n) is 4.17. The molecule has 1 aliphatic heterocycles. The predicted octanol–water partition coefficient (Wildman–Crippen LogP) is 3.82. The van der Waals surface area contributed by atoms with Gasteiger partial charge in [-0.05, 0) is 38.0 Å². The van der Waals surface area contributed by atoms with E-state index in [2.05, 4.69) is 15.3 Å². The van der Waals surface area contributed by atoms with E-state index in [4.69, 9.17) is 0 Å². The van der Waals surface area contributed by atoms with Gasteiger partial charge in [0.2, 0.25) is 5.95 Å². The summed E-state index contributed by atoms with van der Waals surface area (Å²) >= 11 is 0. The number of aromatic nitrogens is 2. The fourth-order valence-electron chi connectivity index (χ4n) is 2.90. The molecule has 1 amide bonds. The highest BCUT2D eigenvalue weighted by atomic mass is 19.1. The number of carbonyl (C=O) groups excluding carboxylic acids is 1. The summed E-state index contributed by atoms with van der Waals surface area (Å²) in [6, 6.07) is 5.16. The minimum atomic E-state index is -0.745. The van der Waals surface area contributed by atoms with Gasteiger partial charge in [0.15, 0.2) is 0 Å². The van der Waals surface area contributed by atoms with Crippen molar-refractivity contribution in [3.63, 3.8) is 0 Å². The lowest BCUT2D eigenvalue weighted by atomic mass is 10.2. The molecule has 1 aromatic carbocycles. The average molecular weight is 346 g/mol. The van der Waals surface area contributed by atoms with Crippen LogP contribution in [0.15, 0.2) is 24.3 Å². The van der Waals surface area contributed by atoms with Crippen molar-refractivity contribution in [2.75, 3.05) is 18.4 Å². The Balaban J connectivity index is 1.86. The van der Waals surface area contributed by atoms with E-state index in [-0.39, 0.29) is 23.2 Å². The van der Waals surface area contributed by atoms with Crippen LogP contribution in [0.2, 0.25) is 0 Å². The number of aryl methyl sites for hydroxylation is 1. The van der Waals surface area contributed by atoms with Crippen LogP contribution < -0.4 is 5.32 Å². The number of rotatable bonds is 3. The van der Waals surface area contributed by atoms with Crippen LogP contribution in [-0.4, -0.2) is 33.9 Å². The van der Waals surface area contributed by atoms with E-state index in [9.17, 15) is 13.6 Å². The van der Waals surface area contributed by atoms with Gasteiger partial charge >= 0.3 is 0 Å². The Labute approximate surface area is 145 Å². The van der Waals surface area contributed by atoms with Crippen molar-refractivity contribution in [1.29, 1.82) is 0 Å². The molecule has 5 nitrogen and oxygen atoms in total. The lowest BCUT2D eigenvalue weighted by Gasteiger charge is -2.20. The number of halogens is 2. The highest BCUT2D eigenvalue weighted by molar-refractivity contribution is 5.92. The van der Waals surface area contributed by atoms with E-state index in [1.54, 1.807) is 17.9 Å². The van der Waals surface area contributed by atoms with Crippen molar-refractivity contribution in [3.8, 4) is 0 Å². The van der Waals surface area contributed by atoms with Crippen LogP contribution in [0.5, 0.6) is 0 Å². The summed E-state index contributed by atoms with van der Waals surface area (Å²) in [5.74, 6) is -1.66. The van der Waals surface area contributed by atoms with Crippen molar-refractivity contribution < 1.29 is 13.6 Å². The van der Waals surface area contributed by atoms with Crippen LogP contribution >= 0.6 is 0 Å². The number of carbonyl (C=O) groups is 1. The number of para-hydroxylation sites is 1. The molecule has 1 aliphatic rings. The number of nitrogens with zero attached hydrogens (tertiary/aromatic N) is 3. The second-order valence-electron chi connectivity index (χ2n) is 6.15. The molecule has 3 rings (SSSR count). The van der Waals surface area contributed by atoms with Gasteiger partial charge in [0.1, 0.15) is 23.0 Å². The largest absolute Gasteiger partial charge is 0.337 e. The Morgan fingerprint density at radius 3 is 2.36 bits per heavy atom. The Hall–Kier alpha value is -2.57. The standard InChI is InChI=1S/C18H20F2N4O/c1-12-11-15(17(25)24-9-4-2-3-5-10-24)22-18(21-12)23-16-13(19)7-6-8-14(16)20/h6-8,11H,2-5,9-10H2,1H3,(H,21,22,23). The third kappa shape index (κ3) is 4.10. The quantitative estimate of drug-likeness (QED) is 0.918. The predicted molar refractivity (Wildman–Crippen MR) is 90.8 cm³/mol. The van der Waals surface area contributed by atoms with E-state index in [0.29, 0.717) is 18.8 Å². The summed E-state index contributed by atoms with van der Waals surface area (Å²) in [5, 5.41) is 2.55. The first-order valence-corrected chi connectivity index (χ1v) is 8.40. The van der Waals surface area contributed by atoms with Gasteiger partial charge in [0, 0.05) is 18.8 Å². The molecule has 7 heteroatoms. The zero-order chi connectivity index (χ0) is 17.8. The van der Waals surface area contributed by atoms with Gasteiger partial charge in [0.25, 0.3) is 5.91 Å². The van der Waals surface area contributed by atoms with E-state index in [1.807, 2.05) is 0 Å². The van der Waals surface area contributed by atoms with Crippen LogP contribution in [-0.2, 0) is 0 Å². The molecule has 0 bridgehead atoms. The highest BCUT2D eigenvalue weighted by Crippen LogP contribution is 2.22. The van der Waals surface area contributed by atoms with Crippen molar-refractivity contribution in [3.05, 3.63) is 47.3 Å². The summed E-state index contributed by atoms with van der Waals surface area (Å²) in [6.45, 7) is 3.11. The fraction of sp³-hybridized carbons (Fsp3) is 0.389. The van der Waals surface area contributed by atoms with Gasteiger partial charge in [-0.25, -0.2) is 18.7 Å². The summed E-state index contributed by atoms with van der Waals surface area (Å²) in [6.07, 6.45) is 4.18. The zero-order valence-electron chi connectivity index (χ0n) is 14.1. The van der Waals surface area contributed by atoms with Crippen molar-refractivity contribution in [1.82, 2.24) is 14.9 Å². The molecule has 25 heavy (non-hydrogen) atoms. The van der Waals surface area contributed by atoms with Gasteiger partial charge in [-0.1, -0.05) is 18.9 Å². The molecule has 1 aromatic heterocycles. The smallest absolute Gasteiger partial charge is 0.272 e. The van der Waals surface area contributed by atoms with Crippen LogP contribution in [0.25, 0.3) is 0 Å². The monoisotopic (exact) mass is 346 g/mol. The van der Waals surface area contributed by atoms with E-state index >= 15 is 0 Å². The summed E-state index contributed by atoms with van der Waals surface area (Å²) in [5.41, 5.74) is 0.447. The molecule has 0 saturated carbocycles. The molecule has 0 atom stereocenters. The van der Waals surface area contributed by atoms with E-state index < -0.39 is 11.6 Å². The van der Waals surface area contributed by atoms with Crippen LogP contribution in [0, 0.1) is 18.6 Å². The van der Waals surface area contributed by atoms with Crippen LogP contribution in [0.1, 0.15) is 41.9 Å². The van der Waals surface area contributed by atoms with Crippen molar-refractivity contribution in [2.24, 2.45) is 0 Å². The number of nitrogens with one attached hydrogen (secondary N) is 1. The topological polar surface area (TPSA) is 58.1 Å². The van der Waals surface area contributed by atoms with E-state index in [1.165, 1.54) is 6.07 Å². The molecule has 1 saturated heterocycles. The number of likely N-dealkylation sites (tertiary alicyclic amines) is 1. The van der Waals surface area contributed by atoms with Crippen LogP contribution in [0.4, 0.5) is 20.4 Å². The molecule has 0 aliphatic carbocycles. The first-order chi connectivity index (χ1) is 12.0. The summed E-state index contributed by atoms with van der Waals surface area (Å²) < 4.78 is 27.6. The molecule has 0 spiro atoms. The zero-order valence-corrected chi connectivity index (χ0v) is 14.1. The Kier molecular flexibility index (Phi) is 5.21. The van der Waals surface area contributed by atoms with Gasteiger partial charge < -0.3 is 10.2 Å². The normalized spacial score (nSPS) is 14.9. The molecule has 2 heterocycles. The molecule has 2 aromatic rings. The van der Waals surface area contributed by atoms with Gasteiger partial charge in [-0.2, -0.15) is 0 Å². The van der Waals surface area contributed by atoms with Crippen molar-refractivity contribution >= 4 is 17.5 Å². The Morgan fingerprint density at radius 2 is 1.72 bits per heavy atom. The first-order valence-electron chi connectivity index (χ1n) is 8.40.